The number of urea groups is 1. The van der Waals surface area contributed by atoms with Crippen molar-refractivity contribution in [2.45, 2.75) is 38.6 Å². The summed E-state index contributed by atoms with van der Waals surface area (Å²) < 4.78 is 6.12. The molecule has 1 saturated carbocycles. The Kier molecular flexibility index (Phi) is 6.26. The van der Waals surface area contributed by atoms with Crippen LogP contribution >= 0.6 is 0 Å². The van der Waals surface area contributed by atoms with Crippen LogP contribution < -0.4 is 20.7 Å². The molecule has 8 heteroatoms. The summed E-state index contributed by atoms with van der Waals surface area (Å²) in [6.07, 6.45) is 7.82. The van der Waals surface area contributed by atoms with E-state index in [9.17, 15) is 4.79 Å². The number of carbonyl (C=O) groups is 1. The van der Waals surface area contributed by atoms with Gasteiger partial charge in [0.05, 0.1) is 11.3 Å². The van der Waals surface area contributed by atoms with Gasteiger partial charge >= 0.3 is 6.03 Å². The molecule has 160 valence electrons. The highest BCUT2D eigenvalue weighted by molar-refractivity contribution is 5.89. The summed E-state index contributed by atoms with van der Waals surface area (Å²) in [6.45, 7) is 1.93. The second-order valence-electron chi connectivity index (χ2n) is 7.53. The normalized spacial score (nSPS) is 13.6. The van der Waals surface area contributed by atoms with Gasteiger partial charge in [0.1, 0.15) is 5.75 Å². The van der Waals surface area contributed by atoms with E-state index in [4.69, 9.17) is 4.74 Å². The lowest BCUT2D eigenvalue weighted by atomic mass is 10.2. The van der Waals surface area contributed by atoms with E-state index in [0.717, 1.165) is 29.7 Å². The van der Waals surface area contributed by atoms with Crippen molar-refractivity contribution in [2.24, 2.45) is 0 Å². The lowest BCUT2D eigenvalue weighted by molar-refractivity contribution is 0.248. The summed E-state index contributed by atoms with van der Waals surface area (Å²) in [5.41, 5.74) is 3.07. The molecule has 1 aliphatic rings. The van der Waals surface area contributed by atoms with Gasteiger partial charge in [-0.15, -0.1) is 0 Å². The molecule has 2 heterocycles. The number of benzene rings is 1. The molecule has 0 atom stereocenters. The predicted molar refractivity (Wildman–Crippen MR) is 120 cm³/mol. The Hall–Kier alpha value is -3.68. The van der Waals surface area contributed by atoms with Gasteiger partial charge in [-0.2, -0.15) is 0 Å². The number of hydrogen-bond acceptors (Lipinski definition) is 6. The minimum Gasteiger partial charge on any atom is -0.438 e. The summed E-state index contributed by atoms with van der Waals surface area (Å²) in [5, 5.41) is 8.87. The molecule has 0 spiro atoms. The molecule has 3 aromatic rings. The monoisotopic (exact) mass is 418 g/mol. The molecular formula is C23H26N6O2. The second-order valence-corrected chi connectivity index (χ2v) is 7.53. The molecular weight excluding hydrogens is 392 g/mol. The molecule has 31 heavy (non-hydrogen) atoms. The number of rotatable bonds is 6. The lowest BCUT2D eigenvalue weighted by Crippen LogP contribution is -2.36. The molecule has 0 unspecified atom stereocenters. The van der Waals surface area contributed by atoms with E-state index in [0.29, 0.717) is 23.3 Å². The van der Waals surface area contributed by atoms with Gasteiger partial charge in [-0.05, 0) is 61.7 Å². The Morgan fingerprint density at radius 2 is 1.94 bits per heavy atom. The van der Waals surface area contributed by atoms with E-state index in [1.165, 1.54) is 12.8 Å². The van der Waals surface area contributed by atoms with Crippen LogP contribution in [0.5, 0.6) is 11.6 Å². The first-order chi connectivity index (χ1) is 15.1. The Balaban J connectivity index is 1.49. The third-order valence-electron chi connectivity index (χ3n) is 5.26. The van der Waals surface area contributed by atoms with Crippen LogP contribution in [0.3, 0.4) is 0 Å². The maximum absolute atomic E-state index is 12.2. The van der Waals surface area contributed by atoms with Gasteiger partial charge in [0.15, 0.2) is 0 Å². The van der Waals surface area contributed by atoms with Crippen molar-refractivity contribution in [1.82, 2.24) is 20.3 Å². The van der Waals surface area contributed by atoms with Crippen LogP contribution in [0.4, 0.5) is 16.4 Å². The average molecular weight is 419 g/mol. The first-order valence-electron chi connectivity index (χ1n) is 10.4. The van der Waals surface area contributed by atoms with Crippen LogP contribution in [-0.4, -0.2) is 34.1 Å². The average Bonchev–Trinajstić information content (AvgIpc) is 3.29. The van der Waals surface area contributed by atoms with Crippen molar-refractivity contribution in [2.75, 3.05) is 17.7 Å². The quantitative estimate of drug-likeness (QED) is 0.534. The molecule has 2 aromatic heterocycles. The number of nitrogens with zero attached hydrogens (tertiary/aromatic N) is 3. The van der Waals surface area contributed by atoms with Crippen molar-refractivity contribution < 1.29 is 9.53 Å². The summed E-state index contributed by atoms with van der Waals surface area (Å²) in [6, 6.07) is 11.2. The first kappa shape index (κ1) is 20.6. The van der Waals surface area contributed by atoms with Crippen molar-refractivity contribution in [1.29, 1.82) is 0 Å². The Bertz CT molecular complexity index is 1070. The molecule has 0 radical (unpaired) electrons. The molecule has 1 aliphatic carbocycles. The van der Waals surface area contributed by atoms with Crippen molar-refractivity contribution in [3.05, 3.63) is 54.4 Å². The van der Waals surface area contributed by atoms with Crippen molar-refractivity contribution in [3.63, 3.8) is 0 Å². The molecule has 0 aliphatic heterocycles. The molecule has 1 fully saturated rings. The van der Waals surface area contributed by atoms with Gasteiger partial charge in [-0.3, -0.25) is 0 Å². The van der Waals surface area contributed by atoms with E-state index < -0.39 is 0 Å². The van der Waals surface area contributed by atoms with Gasteiger partial charge in [0, 0.05) is 31.2 Å². The fourth-order valence-corrected chi connectivity index (χ4v) is 3.66. The van der Waals surface area contributed by atoms with E-state index in [2.05, 4.69) is 30.9 Å². The smallest absolute Gasteiger partial charge is 0.319 e. The zero-order chi connectivity index (χ0) is 21.6. The highest BCUT2D eigenvalue weighted by Crippen LogP contribution is 2.32. The van der Waals surface area contributed by atoms with E-state index >= 15 is 0 Å². The largest absolute Gasteiger partial charge is 0.438 e. The molecule has 0 bridgehead atoms. The summed E-state index contributed by atoms with van der Waals surface area (Å²) >= 11 is 0. The van der Waals surface area contributed by atoms with Crippen LogP contribution in [0.25, 0.3) is 11.3 Å². The molecule has 1 aromatic carbocycles. The summed E-state index contributed by atoms with van der Waals surface area (Å²) in [5.74, 6) is 1.63. The van der Waals surface area contributed by atoms with E-state index in [-0.39, 0.29) is 12.1 Å². The summed E-state index contributed by atoms with van der Waals surface area (Å²) in [4.78, 5) is 25.3. The number of ether oxygens (including phenoxy) is 1. The maximum Gasteiger partial charge on any atom is 0.319 e. The highest BCUT2D eigenvalue weighted by Gasteiger charge is 2.17. The highest BCUT2D eigenvalue weighted by atomic mass is 16.5. The van der Waals surface area contributed by atoms with Gasteiger partial charge in [-0.25, -0.2) is 19.7 Å². The fraction of sp³-hybridized carbons (Fsp3) is 0.304. The van der Waals surface area contributed by atoms with Gasteiger partial charge in [0.2, 0.25) is 11.8 Å². The van der Waals surface area contributed by atoms with E-state index in [1.807, 2.05) is 43.3 Å². The number of aromatic nitrogens is 3. The Morgan fingerprint density at radius 1 is 1.10 bits per heavy atom. The molecule has 4 rings (SSSR count). The van der Waals surface area contributed by atoms with Crippen LogP contribution in [0, 0.1) is 6.92 Å². The first-order valence-corrected chi connectivity index (χ1v) is 10.4. The lowest BCUT2D eigenvalue weighted by Gasteiger charge is -2.15. The predicted octanol–water partition coefficient (Wildman–Crippen LogP) is 4.75. The third kappa shape index (κ3) is 5.09. The Morgan fingerprint density at radius 3 is 2.71 bits per heavy atom. The number of carbonyl (C=O) groups excluding carboxylic acids is 1. The third-order valence-corrected chi connectivity index (χ3v) is 5.26. The number of amides is 2. The number of pyridine rings is 1. The van der Waals surface area contributed by atoms with Crippen LogP contribution in [0.15, 0.2) is 48.8 Å². The van der Waals surface area contributed by atoms with Crippen LogP contribution in [0.1, 0.15) is 31.2 Å². The maximum atomic E-state index is 12.2. The topological polar surface area (TPSA) is 101 Å². The number of nitrogens with one attached hydrogen (secondary N) is 3. The minimum absolute atomic E-state index is 0.170. The van der Waals surface area contributed by atoms with Gasteiger partial charge < -0.3 is 20.7 Å². The van der Waals surface area contributed by atoms with Crippen molar-refractivity contribution in [3.8, 4) is 22.9 Å². The zero-order valence-corrected chi connectivity index (χ0v) is 17.7. The van der Waals surface area contributed by atoms with Crippen LogP contribution in [0.2, 0.25) is 0 Å². The van der Waals surface area contributed by atoms with Crippen molar-refractivity contribution >= 4 is 17.7 Å². The van der Waals surface area contributed by atoms with Crippen LogP contribution in [-0.2, 0) is 0 Å². The Labute approximate surface area is 181 Å². The zero-order valence-electron chi connectivity index (χ0n) is 17.7. The standard InChI is InChI=1S/C23H26N6O2/c1-15-14-17(28-23(30)27-16-6-3-4-7-16)9-10-20(15)31-21-18(8-5-12-25-21)19-11-13-26-22(24-2)29-19/h5,8-14,16H,3-4,6-7H2,1-2H3,(H,24,26,29)(H2,27,28,30). The molecule has 8 nitrogen and oxygen atoms in total. The second kappa shape index (κ2) is 9.42. The van der Waals surface area contributed by atoms with Gasteiger partial charge in [0.25, 0.3) is 0 Å². The fourth-order valence-electron chi connectivity index (χ4n) is 3.66. The number of anilines is 2. The number of aryl methyl sites for hydroxylation is 1. The molecule has 2 amide bonds. The molecule has 0 saturated heterocycles. The van der Waals surface area contributed by atoms with Gasteiger partial charge in [-0.1, -0.05) is 12.8 Å². The number of hydrogen-bond donors (Lipinski definition) is 3. The SMILES string of the molecule is CNc1nccc(-c2cccnc2Oc2ccc(NC(=O)NC3CCCC3)cc2C)n1. The minimum atomic E-state index is -0.170. The van der Waals surface area contributed by atoms with E-state index in [1.54, 1.807) is 19.4 Å². The summed E-state index contributed by atoms with van der Waals surface area (Å²) in [7, 11) is 1.77. The molecule has 3 N–H and O–H groups in total.